The minimum Gasteiger partial charge on any atom is -0.493 e. The van der Waals surface area contributed by atoms with Gasteiger partial charge in [-0.05, 0) is 24.6 Å². The maximum atomic E-state index is 12.7. The fourth-order valence-electron chi connectivity index (χ4n) is 3.82. The number of aromatic nitrogens is 1. The van der Waals surface area contributed by atoms with E-state index in [4.69, 9.17) is 4.42 Å². The highest BCUT2D eigenvalue weighted by Crippen LogP contribution is 2.39. The molecule has 152 valence electrons. The number of carbonyl (C=O) groups is 1. The first-order valence-electron chi connectivity index (χ1n) is 9.92. The zero-order chi connectivity index (χ0) is 21.4. The molecule has 5 aromatic rings. The summed E-state index contributed by atoms with van der Waals surface area (Å²) < 4.78 is 7.44. The third-order valence-electron chi connectivity index (χ3n) is 5.38. The Hall–Kier alpha value is -4.19. The fourth-order valence-corrected chi connectivity index (χ4v) is 3.82. The number of aryl methyl sites for hydroxylation is 1. The molecule has 0 aliphatic heterocycles. The molecule has 2 heterocycles. The van der Waals surface area contributed by atoms with Crippen molar-refractivity contribution in [3.63, 3.8) is 0 Å². The summed E-state index contributed by atoms with van der Waals surface area (Å²) in [7, 11) is 0. The number of hydrogen-bond donors (Lipinski definition) is 1. The molecule has 0 spiro atoms. The molecule has 1 N–H and O–H groups in total. The Labute approximate surface area is 178 Å². The molecule has 31 heavy (non-hydrogen) atoms. The van der Waals surface area contributed by atoms with Crippen LogP contribution < -0.4 is 0 Å². The minimum atomic E-state index is -0.590. The largest absolute Gasteiger partial charge is 0.493 e. The Morgan fingerprint density at radius 2 is 1.61 bits per heavy atom. The zero-order valence-electron chi connectivity index (χ0n) is 16.8. The Morgan fingerprint density at radius 3 is 2.39 bits per heavy atom. The molecule has 0 bridgehead atoms. The lowest BCUT2D eigenvalue weighted by Gasteiger charge is -2.06. The van der Waals surface area contributed by atoms with Crippen molar-refractivity contribution in [3.05, 3.63) is 95.7 Å². The number of hydrogen-bond acceptors (Lipinski definition) is 4. The van der Waals surface area contributed by atoms with E-state index in [1.807, 2.05) is 79.7 Å². The molecule has 0 aliphatic rings. The first-order chi connectivity index (χ1) is 15.1. The van der Waals surface area contributed by atoms with Gasteiger partial charge in [0, 0.05) is 16.3 Å². The number of azo groups is 1. The van der Waals surface area contributed by atoms with Crippen LogP contribution in [0, 0.1) is 6.92 Å². The molecule has 0 fully saturated rings. The summed E-state index contributed by atoms with van der Waals surface area (Å²) in [5, 5.41) is 20.5. The van der Waals surface area contributed by atoms with Crippen molar-refractivity contribution in [1.29, 1.82) is 0 Å². The van der Waals surface area contributed by atoms with E-state index in [2.05, 4.69) is 10.2 Å². The summed E-state index contributed by atoms with van der Waals surface area (Å²) in [5.41, 5.74) is 3.45. The number of carbonyl (C=O) groups excluding carboxylic acids is 1. The van der Waals surface area contributed by atoms with Crippen molar-refractivity contribution in [2.24, 2.45) is 10.2 Å². The molecule has 2 aromatic heterocycles. The predicted octanol–water partition coefficient (Wildman–Crippen LogP) is 6.37. The minimum absolute atomic E-state index is 0.0390. The van der Waals surface area contributed by atoms with Crippen LogP contribution in [0.15, 0.2) is 93.5 Å². The SMILES string of the molecule is Cc1c(C(=O)N=Nc2c(O)n(Cc3ccccc3)c3ccccc23)oc2ccccc12. The molecule has 0 saturated carbocycles. The zero-order valence-corrected chi connectivity index (χ0v) is 16.8. The maximum Gasteiger partial charge on any atom is 0.331 e. The molecule has 0 aliphatic carbocycles. The van der Waals surface area contributed by atoms with Gasteiger partial charge in [0.05, 0.1) is 12.1 Å². The highest BCUT2D eigenvalue weighted by atomic mass is 16.3. The van der Waals surface area contributed by atoms with Crippen LogP contribution in [0.2, 0.25) is 0 Å². The first kappa shape index (κ1) is 18.8. The average molecular weight is 409 g/mol. The van der Waals surface area contributed by atoms with E-state index >= 15 is 0 Å². The van der Waals surface area contributed by atoms with Gasteiger partial charge in [0.25, 0.3) is 0 Å². The highest BCUT2D eigenvalue weighted by molar-refractivity contribution is 6.00. The van der Waals surface area contributed by atoms with Crippen molar-refractivity contribution < 1.29 is 14.3 Å². The third kappa shape index (κ3) is 3.28. The quantitative estimate of drug-likeness (QED) is 0.350. The summed E-state index contributed by atoms with van der Waals surface area (Å²) in [6.45, 7) is 2.29. The van der Waals surface area contributed by atoms with E-state index in [-0.39, 0.29) is 17.3 Å². The third-order valence-corrected chi connectivity index (χ3v) is 5.38. The molecule has 3 aromatic carbocycles. The van der Waals surface area contributed by atoms with Gasteiger partial charge in [-0.15, -0.1) is 10.2 Å². The van der Waals surface area contributed by atoms with Gasteiger partial charge in [0.2, 0.25) is 5.88 Å². The van der Waals surface area contributed by atoms with Gasteiger partial charge in [-0.25, -0.2) is 0 Å². The molecule has 0 saturated heterocycles. The van der Waals surface area contributed by atoms with E-state index < -0.39 is 5.91 Å². The van der Waals surface area contributed by atoms with Gasteiger partial charge >= 0.3 is 5.91 Å². The van der Waals surface area contributed by atoms with Crippen LogP contribution in [0.3, 0.4) is 0 Å². The van der Waals surface area contributed by atoms with Crippen LogP contribution in [0.5, 0.6) is 5.88 Å². The average Bonchev–Trinajstić information content (AvgIpc) is 3.28. The second kappa shape index (κ2) is 7.57. The van der Waals surface area contributed by atoms with Gasteiger partial charge < -0.3 is 14.1 Å². The fraction of sp³-hybridized carbons (Fsp3) is 0.0800. The molecular weight excluding hydrogens is 390 g/mol. The number of fused-ring (bicyclic) bond motifs is 2. The lowest BCUT2D eigenvalue weighted by Crippen LogP contribution is -1.98. The molecule has 6 nitrogen and oxygen atoms in total. The highest BCUT2D eigenvalue weighted by Gasteiger charge is 2.20. The summed E-state index contributed by atoms with van der Waals surface area (Å²) in [6, 6.07) is 24.8. The number of rotatable bonds is 4. The smallest absolute Gasteiger partial charge is 0.331 e. The molecular formula is C25H19N3O3. The van der Waals surface area contributed by atoms with Gasteiger partial charge in [-0.2, -0.15) is 0 Å². The molecule has 5 rings (SSSR count). The molecule has 6 heteroatoms. The number of amides is 1. The summed E-state index contributed by atoms with van der Waals surface area (Å²) in [4.78, 5) is 12.7. The second-order valence-corrected chi connectivity index (χ2v) is 7.32. The van der Waals surface area contributed by atoms with Crippen LogP contribution in [-0.4, -0.2) is 15.6 Å². The Bertz CT molecular complexity index is 1450. The number of furan rings is 1. The van der Waals surface area contributed by atoms with Crippen LogP contribution in [0.4, 0.5) is 5.69 Å². The monoisotopic (exact) mass is 409 g/mol. The van der Waals surface area contributed by atoms with E-state index in [0.29, 0.717) is 17.5 Å². The van der Waals surface area contributed by atoms with E-state index in [0.717, 1.165) is 22.0 Å². The summed E-state index contributed by atoms with van der Waals surface area (Å²) in [6.07, 6.45) is 0. The van der Waals surface area contributed by atoms with Crippen molar-refractivity contribution in [3.8, 4) is 5.88 Å². The van der Waals surface area contributed by atoms with E-state index in [9.17, 15) is 9.90 Å². The van der Waals surface area contributed by atoms with Crippen LogP contribution >= 0.6 is 0 Å². The molecule has 0 atom stereocenters. The van der Waals surface area contributed by atoms with E-state index in [1.54, 1.807) is 10.6 Å². The lowest BCUT2D eigenvalue weighted by molar-refractivity contribution is 0.0970. The van der Waals surface area contributed by atoms with Crippen molar-refractivity contribution in [2.75, 3.05) is 0 Å². The van der Waals surface area contributed by atoms with Gasteiger partial charge in [-0.3, -0.25) is 4.79 Å². The Kier molecular flexibility index (Phi) is 4.59. The van der Waals surface area contributed by atoms with Crippen molar-refractivity contribution in [1.82, 2.24) is 4.57 Å². The number of benzene rings is 3. The van der Waals surface area contributed by atoms with Gasteiger partial charge in [0.1, 0.15) is 5.58 Å². The maximum absolute atomic E-state index is 12.7. The number of para-hydroxylation sites is 2. The Morgan fingerprint density at radius 1 is 0.935 bits per heavy atom. The summed E-state index contributed by atoms with van der Waals surface area (Å²) >= 11 is 0. The molecule has 0 radical (unpaired) electrons. The molecule has 1 amide bonds. The van der Waals surface area contributed by atoms with Crippen LogP contribution in [0.25, 0.3) is 21.9 Å². The normalized spacial score (nSPS) is 11.6. The number of nitrogens with zero attached hydrogens (tertiary/aromatic N) is 3. The lowest BCUT2D eigenvalue weighted by atomic mass is 10.1. The summed E-state index contributed by atoms with van der Waals surface area (Å²) in [5.74, 6) is -0.478. The second-order valence-electron chi connectivity index (χ2n) is 7.32. The van der Waals surface area contributed by atoms with E-state index in [1.165, 1.54) is 0 Å². The topological polar surface area (TPSA) is 80.1 Å². The van der Waals surface area contributed by atoms with Crippen molar-refractivity contribution in [2.45, 2.75) is 13.5 Å². The predicted molar refractivity (Wildman–Crippen MR) is 119 cm³/mol. The van der Waals surface area contributed by atoms with Crippen molar-refractivity contribution >= 4 is 33.5 Å². The number of aromatic hydroxyl groups is 1. The van der Waals surface area contributed by atoms with Crippen LogP contribution in [-0.2, 0) is 6.54 Å². The van der Waals surface area contributed by atoms with Gasteiger partial charge in [0.15, 0.2) is 11.4 Å². The molecule has 0 unspecified atom stereocenters. The van der Waals surface area contributed by atoms with Gasteiger partial charge in [-0.1, -0.05) is 66.7 Å². The standard InChI is InChI=1S/C25H19N3O3/c1-16-18-11-6-8-14-21(18)31-23(16)24(29)27-26-22-19-12-5-7-13-20(19)28(25(22)30)15-17-9-3-2-4-10-17/h2-14,30H,15H2,1H3. The van der Waals surface area contributed by atoms with Crippen LogP contribution in [0.1, 0.15) is 21.7 Å². The Balaban J connectivity index is 1.54. The first-order valence-corrected chi connectivity index (χ1v) is 9.92.